The Kier molecular flexibility index (Phi) is 2.94. The largest absolute Gasteiger partial charge is 0.314 e. The van der Waals surface area contributed by atoms with E-state index in [0.717, 1.165) is 6.04 Å². The van der Waals surface area contributed by atoms with Gasteiger partial charge in [-0.05, 0) is 31.2 Å². The first-order valence-corrected chi connectivity index (χ1v) is 4.81. The highest BCUT2D eigenvalue weighted by Gasteiger charge is 2.19. The minimum absolute atomic E-state index is 0.495. The second-order valence-corrected chi connectivity index (χ2v) is 4.91. The molecule has 1 fully saturated rings. The number of hydrogen-bond acceptors (Lipinski definition) is 1. The first-order valence-electron chi connectivity index (χ1n) is 4.81. The third-order valence-electron chi connectivity index (χ3n) is 2.27. The predicted molar refractivity (Wildman–Crippen MR) is 49.7 cm³/mol. The molecule has 1 atom stereocenters. The Morgan fingerprint density at radius 3 is 2.45 bits per heavy atom. The Hall–Kier alpha value is -0.0400. The highest BCUT2D eigenvalue weighted by Crippen LogP contribution is 2.24. The van der Waals surface area contributed by atoms with Crippen LogP contribution in [-0.2, 0) is 0 Å². The van der Waals surface area contributed by atoms with Crippen molar-refractivity contribution in [1.82, 2.24) is 5.32 Å². The molecular formula is C10H21N. The minimum Gasteiger partial charge on any atom is -0.314 e. The summed E-state index contributed by atoms with van der Waals surface area (Å²) in [5, 5.41) is 3.58. The molecule has 1 N–H and O–H groups in total. The van der Waals surface area contributed by atoms with E-state index in [1.807, 2.05) is 0 Å². The van der Waals surface area contributed by atoms with Crippen LogP contribution in [0.1, 0.15) is 46.5 Å². The zero-order chi connectivity index (χ0) is 8.32. The van der Waals surface area contributed by atoms with Gasteiger partial charge in [0.25, 0.3) is 0 Å². The summed E-state index contributed by atoms with van der Waals surface area (Å²) in [5.74, 6) is 0. The summed E-state index contributed by atoms with van der Waals surface area (Å²) in [6.45, 7) is 8.20. The number of rotatable bonds is 1. The topological polar surface area (TPSA) is 12.0 Å². The molecule has 1 heterocycles. The SMILES string of the molecule is CC(C)(C)CC1CCCCN1. The normalized spacial score (nSPS) is 27.0. The predicted octanol–water partition coefficient (Wildman–Crippen LogP) is 2.56. The van der Waals surface area contributed by atoms with Crippen molar-refractivity contribution in [1.29, 1.82) is 0 Å². The molecule has 1 saturated heterocycles. The van der Waals surface area contributed by atoms with Crippen molar-refractivity contribution in [2.45, 2.75) is 52.5 Å². The van der Waals surface area contributed by atoms with E-state index in [0.29, 0.717) is 5.41 Å². The maximum atomic E-state index is 3.58. The van der Waals surface area contributed by atoms with Crippen LogP contribution in [0.25, 0.3) is 0 Å². The Labute approximate surface area is 70.6 Å². The summed E-state index contributed by atoms with van der Waals surface area (Å²) in [6, 6.07) is 0.795. The fraction of sp³-hybridized carbons (Fsp3) is 1.00. The molecule has 11 heavy (non-hydrogen) atoms. The van der Waals surface area contributed by atoms with Gasteiger partial charge in [0.2, 0.25) is 0 Å². The van der Waals surface area contributed by atoms with Crippen LogP contribution in [0.4, 0.5) is 0 Å². The third kappa shape index (κ3) is 3.76. The molecule has 0 saturated carbocycles. The summed E-state index contributed by atoms with van der Waals surface area (Å²) in [5.41, 5.74) is 0.495. The molecule has 1 heteroatoms. The lowest BCUT2D eigenvalue weighted by molar-refractivity contribution is 0.274. The van der Waals surface area contributed by atoms with Crippen LogP contribution >= 0.6 is 0 Å². The standard InChI is InChI=1S/C10H21N/c1-10(2,3)8-9-6-4-5-7-11-9/h9,11H,4-8H2,1-3H3. The van der Waals surface area contributed by atoms with Crippen molar-refractivity contribution in [3.63, 3.8) is 0 Å². The smallest absolute Gasteiger partial charge is 0.00720 e. The van der Waals surface area contributed by atoms with Gasteiger partial charge in [-0.1, -0.05) is 27.2 Å². The van der Waals surface area contributed by atoms with E-state index in [4.69, 9.17) is 0 Å². The van der Waals surface area contributed by atoms with Crippen molar-refractivity contribution in [2.24, 2.45) is 5.41 Å². The first kappa shape index (κ1) is 9.05. The van der Waals surface area contributed by atoms with Gasteiger partial charge in [0.05, 0.1) is 0 Å². The van der Waals surface area contributed by atoms with Crippen LogP contribution in [0.5, 0.6) is 0 Å². The van der Waals surface area contributed by atoms with Crippen LogP contribution in [0, 0.1) is 5.41 Å². The Morgan fingerprint density at radius 2 is 2.00 bits per heavy atom. The Balaban J connectivity index is 2.24. The van der Waals surface area contributed by atoms with E-state index < -0.39 is 0 Å². The quantitative estimate of drug-likeness (QED) is 0.613. The summed E-state index contributed by atoms with van der Waals surface area (Å²) in [6.07, 6.45) is 5.51. The van der Waals surface area contributed by atoms with Gasteiger partial charge in [0.1, 0.15) is 0 Å². The fourth-order valence-electron chi connectivity index (χ4n) is 1.84. The zero-order valence-electron chi connectivity index (χ0n) is 8.11. The average Bonchev–Trinajstić information content (AvgIpc) is 1.85. The number of hydrogen-bond donors (Lipinski definition) is 1. The molecule has 0 radical (unpaired) electrons. The van der Waals surface area contributed by atoms with Crippen molar-refractivity contribution in [2.75, 3.05) is 6.54 Å². The summed E-state index contributed by atoms with van der Waals surface area (Å²) in [7, 11) is 0. The second-order valence-electron chi connectivity index (χ2n) is 4.91. The third-order valence-corrected chi connectivity index (χ3v) is 2.27. The molecule has 0 aromatic heterocycles. The highest BCUT2D eigenvalue weighted by atomic mass is 14.9. The molecule has 0 aliphatic carbocycles. The van der Waals surface area contributed by atoms with Gasteiger partial charge >= 0.3 is 0 Å². The molecule has 0 amide bonds. The lowest BCUT2D eigenvalue weighted by Crippen LogP contribution is -2.36. The van der Waals surface area contributed by atoms with Gasteiger partial charge in [0.15, 0.2) is 0 Å². The Morgan fingerprint density at radius 1 is 1.27 bits per heavy atom. The molecule has 0 bridgehead atoms. The molecule has 1 rings (SSSR count). The van der Waals surface area contributed by atoms with Crippen LogP contribution in [-0.4, -0.2) is 12.6 Å². The minimum atomic E-state index is 0.495. The van der Waals surface area contributed by atoms with Crippen LogP contribution in [0.15, 0.2) is 0 Å². The second kappa shape index (κ2) is 3.57. The molecule has 0 spiro atoms. The maximum absolute atomic E-state index is 3.58. The van der Waals surface area contributed by atoms with Gasteiger partial charge in [-0.25, -0.2) is 0 Å². The van der Waals surface area contributed by atoms with E-state index >= 15 is 0 Å². The van der Waals surface area contributed by atoms with E-state index in [9.17, 15) is 0 Å². The van der Waals surface area contributed by atoms with E-state index in [-0.39, 0.29) is 0 Å². The number of piperidine rings is 1. The monoisotopic (exact) mass is 155 g/mol. The van der Waals surface area contributed by atoms with E-state index in [2.05, 4.69) is 26.1 Å². The molecule has 1 aliphatic rings. The van der Waals surface area contributed by atoms with Gasteiger partial charge in [-0.15, -0.1) is 0 Å². The Bertz CT molecular complexity index is 107. The van der Waals surface area contributed by atoms with Crippen molar-refractivity contribution < 1.29 is 0 Å². The van der Waals surface area contributed by atoms with Gasteiger partial charge in [-0.2, -0.15) is 0 Å². The van der Waals surface area contributed by atoms with Gasteiger partial charge < -0.3 is 5.32 Å². The molecule has 66 valence electrons. The van der Waals surface area contributed by atoms with Crippen LogP contribution in [0.2, 0.25) is 0 Å². The zero-order valence-corrected chi connectivity index (χ0v) is 8.11. The molecule has 1 aliphatic heterocycles. The van der Waals surface area contributed by atoms with Crippen molar-refractivity contribution in [3.05, 3.63) is 0 Å². The highest BCUT2D eigenvalue weighted by molar-refractivity contribution is 4.77. The number of nitrogens with one attached hydrogen (secondary N) is 1. The van der Waals surface area contributed by atoms with Crippen LogP contribution < -0.4 is 5.32 Å². The maximum Gasteiger partial charge on any atom is 0.00720 e. The molecular weight excluding hydrogens is 134 g/mol. The first-order chi connectivity index (χ1) is 5.08. The summed E-state index contributed by atoms with van der Waals surface area (Å²) in [4.78, 5) is 0. The molecule has 1 nitrogen and oxygen atoms in total. The van der Waals surface area contributed by atoms with Gasteiger partial charge in [0, 0.05) is 6.04 Å². The van der Waals surface area contributed by atoms with E-state index in [1.165, 1.54) is 32.2 Å². The molecule has 1 unspecified atom stereocenters. The summed E-state index contributed by atoms with van der Waals surface area (Å²) < 4.78 is 0. The van der Waals surface area contributed by atoms with Crippen molar-refractivity contribution >= 4 is 0 Å². The lowest BCUT2D eigenvalue weighted by Gasteiger charge is -2.29. The fourth-order valence-corrected chi connectivity index (χ4v) is 1.84. The van der Waals surface area contributed by atoms with E-state index in [1.54, 1.807) is 0 Å². The van der Waals surface area contributed by atoms with Gasteiger partial charge in [-0.3, -0.25) is 0 Å². The molecule has 0 aromatic carbocycles. The van der Waals surface area contributed by atoms with Crippen LogP contribution in [0.3, 0.4) is 0 Å². The summed E-state index contributed by atoms with van der Waals surface area (Å²) >= 11 is 0. The average molecular weight is 155 g/mol. The van der Waals surface area contributed by atoms with Crippen molar-refractivity contribution in [3.8, 4) is 0 Å². The lowest BCUT2D eigenvalue weighted by atomic mass is 9.85. The molecule has 0 aromatic rings.